The Morgan fingerprint density at radius 1 is 1.22 bits per heavy atom. The molecule has 5 heteroatoms. The van der Waals surface area contributed by atoms with Gasteiger partial charge >= 0.3 is 5.97 Å². The first-order valence-corrected chi connectivity index (χ1v) is 8.39. The Morgan fingerprint density at radius 2 is 2.00 bits per heavy atom. The van der Waals surface area contributed by atoms with Crippen LogP contribution >= 0.6 is 11.3 Å². The van der Waals surface area contributed by atoms with E-state index in [2.05, 4.69) is 5.32 Å². The fraction of sp³-hybridized carbons (Fsp3) is 0.333. The Morgan fingerprint density at radius 3 is 2.65 bits per heavy atom. The topological polar surface area (TPSA) is 55.4 Å². The normalized spacial score (nSPS) is 11.8. The molecule has 4 nitrogen and oxygen atoms in total. The smallest absolute Gasteiger partial charge is 0.311 e. The molecule has 2 rings (SSSR count). The molecular weight excluding hydrogens is 310 g/mol. The van der Waals surface area contributed by atoms with Crippen LogP contribution in [0.15, 0.2) is 35.7 Å². The molecule has 1 aromatic carbocycles. The second-order valence-electron chi connectivity index (χ2n) is 5.52. The fourth-order valence-electron chi connectivity index (χ4n) is 2.10. The molecule has 0 radical (unpaired) electrons. The van der Waals surface area contributed by atoms with Crippen LogP contribution in [0.3, 0.4) is 0 Å². The fourth-order valence-corrected chi connectivity index (χ4v) is 2.75. The molecule has 1 heterocycles. The molecule has 1 atom stereocenters. The average molecular weight is 331 g/mol. The number of carbonyl (C=O) groups excluding carboxylic acids is 2. The third-order valence-corrected chi connectivity index (χ3v) is 4.49. The predicted molar refractivity (Wildman–Crippen MR) is 91.3 cm³/mol. The zero-order valence-corrected chi connectivity index (χ0v) is 14.4. The lowest BCUT2D eigenvalue weighted by Crippen LogP contribution is -2.35. The number of esters is 1. The molecule has 1 aromatic heterocycles. The van der Waals surface area contributed by atoms with Crippen molar-refractivity contribution < 1.29 is 14.3 Å². The second-order valence-corrected chi connectivity index (χ2v) is 6.56. The van der Waals surface area contributed by atoms with Crippen molar-refractivity contribution >= 4 is 23.2 Å². The van der Waals surface area contributed by atoms with Gasteiger partial charge in [0.05, 0.1) is 13.0 Å². The molecule has 0 aliphatic rings. The molecular formula is C18H21NO3S. The Hall–Kier alpha value is -2.14. The summed E-state index contributed by atoms with van der Waals surface area (Å²) < 4.78 is 5.21. The number of hydrogen-bond acceptors (Lipinski definition) is 4. The van der Waals surface area contributed by atoms with E-state index >= 15 is 0 Å². The van der Waals surface area contributed by atoms with Crippen LogP contribution in [-0.4, -0.2) is 18.0 Å². The first-order chi connectivity index (χ1) is 11.0. The maximum Gasteiger partial charge on any atom is 0.311 e. The summed E-state index contributed by atoms with van der Waals surface area (Å²) in [5, 5.41) is 4.72. The molecule has 0 aliphatic carbocycles. The monoisotopic (exact) mass is 331 g/mol. The summed E-state index contributed by atoms with van der Waals surface area (Å²) in [6.45, 7) is 6.07. The Labute approximate surface area is 140 Å². The van der Waals surface area contributed by atoms with E-state index in [-0.39, 0.29) is 12.3 Å². The highest BCUT2D eigenvalue weighted by Crippen LogP contribution is 2.11. The number of thiophene rings is 1. The van der Waals surface area contributed by atoms with Gasteiger partial charge < -0.3 is 10.1 Å². The molecule has 1 amide bonds. The van der Waals surface area contributed by atoms with Gasteiger partial charge in [0.25, 0.3) is 5.91 Å². The van der Waals surface area contributed by atoms with Crippen LogP contribution in [0.1, 0.15) is 28.5 Å². The van der Waals surface area contributed by atoms with E-state index in [1.807, 2.05) is 49.6 Å². The van der Waals surface area contributed by atoms with E-state index in [1.54, 1.807) is 18.3 Å². The maximum absolute atomic E-state index is 12.0. The molecule has 0 aliphatic heterocycles. The van der Waals surface area contributed by atoms with Crippen molar-refractivity contribution in [2.45, 2.75) is 39.8 Å². The van der Waals surface area contributed by atoms with Crippen LogP contribution in [0, 0.1) is 13.8 Å². The minimum absolute atomic E-state index is 0.170. The molecule has 23 heavy (non-hydrogen) atoms. The highest BCUT2D eigenvalue weighted by molar-refractivity contribution is 7.09. The third-order valence-electron chi connectivity index (χ3n) is 3.61. The first kappa shape index (κ1) is 17.2. The number of hydrogen-bond donors (Lipinski definition) is 1. The molecule has 1 N–H and O–H groups in total. The van der Waals surface area contributed by atoms with E-state index in [4.69, 9.17) is 4.74 Å². The van der Waals surface area contributed by atoms with Crippen molar-refractivity contribution in [2.24, 2.45) is 0 Å². The van der Waals surface area contributed by atoms with Gasteiger partial charge in [0, 0.05) is 4.88 Å². The van der Waals surface area contributed by atoms with Gasteiger partial charge in [-0.15, -0.1) is 11.3 Å². The average Bonchev–Trinajstić information content (AvgIpc) is 3.01. The van der Waals surface area contributed by atoms with Crippen LogP contribution in [0.25, 0.3) is 0 Å². The second kappa shape index (κ2) is 7.92. The van der Waals surface area contributed by atoms with Gasteiger partial charge in [-0.05, 0) is 48.9 Å². The summed E-state index contributed by atoms with van der Waals surface area (Å²) in [5.41, 5.74) is 3.21. The third kappa shape index (κ3) is 5.21. The van der Waals surface area contributed by atoms with Gasteiger partial charge in [-0.25, -0.2) is 0 Å². The number of nitrogens with one attached hydrogen (secondary N) is 1. The Bertz CT molecular complexity index is 680. The lowest BCUT2D eigenvalue weighted by molar-refractivity contribution is -0.154. The van der Waals surface area contributed by atoms with Crippen molar-refractivity contribution in [1.29, 1.82) is 0 Å². The number of benzene rings is 1. The van der Waals surface area contributed by atoms with Crippen LogP contribution in [0.4, 0.5) is 0 Å². The summed E-state index contributed by atoms with van der Waals surface area (Å²) >= 11 is 1.57. The van der Waals surface area contributed by atoms with Gasteiger partial charge in [-0.2, -0.15) is 0 Å². The zero-order chi connectivity index (χ0) is 16.8. The van der Waals surface area contributed by atoms with E-state index < -0.39 is 12.1 Å². The van der Waals surface area contributed by atoms with Crippen LogP contribution < -0.4 is 5.32 Å². The van der Waals surface area contributed by atoms with Crippen molar-refractivity contribution in [2.75, 3.05) is 0 Å². The Kier molecular flexibility index (Phi) is 5.93. The SMILES string of the molecule is Cc1ccc(CC(=O)OC(C)C(=O)NCc2cccs2)cc1C. The van der Waals surface area contributed by atoms with Crippen LogP contribution in [0.5, 0.6) is 0 Å². The largest absolute Gasteiger partial charge is 0.452 e. The van der Waals surface area contributed by atoms with Crippen LogP contribution in [0.2, 0.25) is 0 Å². The van der Waals surface area contributed by atoms with Crippen molar-refractivity contribution in [1.82, 2.24) is 5.32 Å². The summed E-state index contributed by atoms with van der Waals surface area (Å²) in [6.07, 6.45) is -0.627. The van der Waals surface area contributed by atoms with E-state index in [9.17, 15) is 9.59 Å². The summed E-state index contributed by atoms with van der Waals surface area (Å²) in [4.78, 5) is 25.0. The minimum Gasteiger partial charge on any atom is -0.452 e. The van der Waals surface area contributed by atoms with Gasteiger partial charge in [0.1, 0.15) is 0 Å². The van der Waals surface area contributed by atoms with E-state index in [0.717, 1.165) is 16.0 Å². The highest BCUT2D eigenvalue weighted by Gasteiger charge is 2.17. The molecule has 0 fully saturated rings. The van der Waals surface area contributed by atoms with Gasteiger partial charge in [-0.1, -0.05) is 24.3 Å². The Balaban J connectivity index is 1.81. The molecule has 0 saturated heterocycles. The van der Waals surface area contributed by atoms with Crippen molar-refractivity contribution in [3.8, 4) is 0 Å². The summed E-state index contributed by atoms with van der Waals surface area (Å²) in [6, 6.07) is 9.73. The first-order valence-electron chi connectivity index (χ1n) is 7.51. The molecule has 122 valence electrons. The summed E-state index contributed by atoms with van der Waals surface area (Å²) in [7, 11) is 0. The lowest BCUT2D eigenvalue weighted by atomic mass is 10.0. The number of amides is 1. The quantitative estimate of drug-likeness (QED) is 0.827. The number of rotatable bonds is 6. The van der Waals surface area contributed by atoms with Gasteiger partial charge in [0.2, 0.25) is 0 Å². The molecule has 1 unspecified atom stereocenters. The molecule has 0 saturated carbocycles. The van der Waals surface area contributed by atoms with E-state index in [1.165, 1.54) is 5.56 Å². The maximum atomic E-state index is 12.0. The molecule has 0 bridgehead atoms. The zero-order valence-electron chi connectivity index (χ0n) is 13.6. The van der Waals surface area contributed by atoms with Gasteiger partial charge in [0.15, 0.2) is 6.10 Å². The molecule has 0 spiro atoms. The number of aryl methyl sites for hydroxylation is 2. The van der Waals surface area contributed by atoms with E-state index in [0.29, 0.717) is 6.54 Å². The number of carbonyl (C=O) groups is 2. The standard InChI is InChI=1S/C18H21NO3S/c1-12-6-7-15(9-13(12)2)10-17(20)22-14(3)18(21)19-11-16-5-4-8-23-16/h4-9,14H,10-11H2,1-3H3,(H,19,21). The van der Waals surface area contributed by atoms with Crippen molar-refractivity contribution in [3.63, 3.8) is 0 Å². The van der Waals surface area contributed by atoms with Crippen LogP contribution in [-0.2, 0) is 27.3 Å². The molecule has 2 aromatic rings. The van der Waals surface area contributed by atoms with Crippen molar-refractivity contribution in [3.05, 3.63) is 57.3 Å². The number of ether oxygens (including phenoxy) is 1. The summed E-state index contributed by atoms with van der Waals surface area (Å²) in [5.74, 6) is -0.682. The van der Waals surface area contributed by atoms with Gasteiger partial charge in [-0.3, -0.25) is 9.59 Å². The predicted octanol–water partition coefficient (Wildman–Crippen LogP) is 3.16. The minimum atomic E-state index is -0.797. The highest BCUT2D eigenvalue weighted by atomic mass is 32.1. The lowest BCUT2D eigenvalue weighted by Gasteiger charge is -2.13.